The molecule has 1 fully saturated rings. The maximum absolute atomic E-state index is 13.2. The third kappa shape index (κ3) is 3.85. The van der Waals surface area contributed by atoms with Crippen LogP contribution in [0.25, 0.3) is 0 Å². The topological polar surface area (TPSA) is 109 Å². The van der Waals surface area contributed by atoms with Gasteiger partial charge in [-0.3, -0.25) is 23.6 Å². The van der Waals surface area contributed by atoms with E-state index >= 15 is 0 Å². The van der Waals surface area contributed by atoms with Crippen LogP contribution in [0.4, 0.5) is 5.82 Å². The van der Waals surface area contributed by atoms with Gasteiger partial charge in [0.2, 0.25) is 0 Å². The van der Waals surface area contributed by atoms with E-state index in [4.69, 9.17) is 15.2 Å². The van der Waals surface area contributed by atoms with Crippen molar-refractivity contribution in [3.63, 3.8) is 0 Å². The Morgan fingerprint density at radius 3 is 2.68 bits per heavy atom. The number of ether oxygens (including phenoxy) is 2. The van der Waals surface area contributed by atoms with Crippen LogP contribution in [-0.4, -0.2) is 46.1 Å². The van der Waals surface area contributed by atoms with Gasteiger partial charge in [0.15, 0.2) is 17.3 Å². The van der Waals surface area contributed by atoms with E-state index in [0.717, 1.165) is 35.3 Å². The van der Waals surface area contributed by atoms with Crippen LogP contribution in [0, 0.1) is 0 Å². The standard InChI is InChI=1S/C22H28N4O5/c1-3-8-26-20(23)19(21(28)24(2)22(26)29)16(27)13-25-9-4-5-15(25)14-6-7-17-18(12-14)31-11-10-30-17/h6-7,12,15H,3-5,8-11,13,23H2,1-2H3/t15-/m0/s1. The molecule has 4 rings (SSSR count). The number of nitrogens with zero attached hydrogens (tertiary/aromatic N) is 3. The summed E-state index contributed by atoms with van der Waals surface area (Å²) in [6.45, 7) is 4.10. The number of likely N-dealkylation sites (tertiary alicyclic amines) is 1. The molecule has 1 aromatic heterocycles. The Morgan fingerprint density at radius 2 is 1.94 bits per heavy atom. The zero-order valence-corrected chi connectivity index (χ0v) is 17.9. The van der Waals surface area contributed by atoms with Crippen molar-refractivity contribution < 1.29 is 14.3 Å². The minimum atomic E-state index is -0.644. The number of fused-ring (bicyclic) bond motifs is 1. The minimum absolute atomic E-state index is 0.0337. The van der Waals surface area contributed by atoms with Gasteiger partial charge in [-0.25, -0.2) is 4.79 Å². The van der Waals surface area contributed by atoms with Gasteiger partial charge in [0.1, 0.15) is 24.6 Å². The number of rotatable bonds is 6. The molecule has 0 aliphatic carbocycles. The van der Waals surface area contributed by atoms with Crippen molar-refractivity contribution in [2.75, 3.05) is 32.0 Å². The van der Waals surface area contributed by atoms with E-state index in [1.54, 1.807) is 0 Å². The fourth-order valence-corrected chi connectivity index (χ4v) is 4.41. The number of benzene rings is 1. The summed E-state index contributed by atoms with van der Waals surface area (Å²) in [6.07, 6.45) is 2.50. The maximum atomic E-state index is 13.2. The van der Waals surface area contributed by atoms with Crippen LogP contribution in [0.2, 0.25) is 0 Å². The molecule has 0 saturated carbocycles. The predicted molar refractivity (Wildman–Crippen MR) is 116 cm³/mol. The summed E-state index contributed by atoms with van der Waals surface area (Å²) < 4.78 is 13.6. The lowest BCUT2D eigenvalue weighted by Crippen LogP contribution is -2.44. The van der Waals surface area contributed by atoms with Crippen LogP contribution in [-0.2, 0) is 13.6 Å². The van der Waals surface area contributed by atoms with Gasteiger partial charge in [-0.15, -0.1) is 0 Å². The number of carbonyl (C=O) groups is 1. The molecule has 0 radical (unpaired) electrons. The molecule has 1 atom stereocenters. The van der Waals surface area contributed by atoms with Crippen molar-refractivity contribution in [2.24, 2.45) is 7.05 Å². The first kappa shape index (κ1) is 21.2. The van der Waals surface area contributed by atoms with E-state index < -0.39 is 11.2 Å². The maximum Gasteiger partial charge on any atom is 0.332 e. The van der Waals surface area contributed by atoms with E-state index in [0.29, 0.717) is 31.9 Å². The van der Waals surface area contributed by atoms with Crippen molar-refractivity contribution >= 4 is 11.6 Å². The highest BCUT2D eigenvalue weighted by molar-refractivity contribution is 6.01. The van der Waals surface area contributed by atoms with E-state index in [1.807, 2.05) is 25.1 Å². The Kier molecular flexibility index (Phi) is 5.86. The number of anilines is 1. The smallest absolute Gasteiger partial charge is 0.332 e. The first-order valence-corrected chi connectivity index (χ1v) is 10.7. The molecule has 31 heavy (non-hydrogen) atoms. The molecular weight excluding hydrogens is 400 g/mol. The molecule has 9 nitrogen and oxygen atoms in total. The molecule has 0 bridgehead atoms. The predicted octanol–water partition coefficient (Wildman–Crippen LogP) is 1.33. The number of ketones is 1. The van der Waals surface area contributed by atoms with E-state index in [9.17, 15) is 14.4 Å². The van der Waals surface area contributed by atoms with Gasteiger partial charge < -0.3 is 15.2 Å². The number of nitrogens with two attached hydrogens (primary N) is 1. The van der Waals surface area contributed by atoms with Gasteiger partial charge in [0, 0.05) is 19.6 Å². The molecule has 9 heteroatoms. The van der Waals surface area contributed by atoms with Gasteiger partial charge in [-0.1, -0.05) is 13.0 Å². The quantitative estimate of drug-likeness (QED) is 0.692. The van der Waals surface area contributed by atoms with Gasteiger partial charge in [-0.05, 0) is 43.5 Å². The Balaban J connectivity index is 1.61. The van der Waals surface area contributed by atoms with Crippen molar-refractivity contribution in [1.29, 1.82) is 0 Å². The Hall–Kier alpha value is -3.07. The molecule has 0 unspecified atom stereocenters. The summed E-state index contributed by atoms with van der Waals surface area (Å²) >= 11 is 0. The highest BCUT2D eigenvalue weighted by Crippen LogP contribution is 2.38. The number of nitrogen functional groups attached to an aromatic ring is 1. The summed E-state index contributed by atoms with van der Waals surface area (Å²) in [5.74, 6) is 1.03. The zero-order valence-electron chi connectivity index (χ0n) is 17.9. The van der Waals surface area contributed by atoms with Crippen molar-refractivity contribution in [3.05, 3.63) is 50.2 Å². The fourth-order valence-electron chi connectivity index (χ4n) is 4.41. The Labute approximate surface area is 180 Å². The lowest BCUT2D eigenvalue weighted by Gasteiger charge is -2.26. The summed E-state index contributed by atoms with van der Waals surface area (Å²) in [5, 5.41) is 0. The van der Waals surface area contributed by atoms with E-state index in [2.05, 4.69) is 4.90 Å². The first-order valence-electron chi connectivity index (χ1n) is 10.7. The molecule has 2 aliphatic heterocycles. The van der Waals surface area contributed by atoms with Crippen LogP contribution >= 0.6 is 0 Å². The van der Waals surface area contributed by atoms with Crippen molar-refractivity contribution in [1.82, 2.24) is 14.0 Å². The van der Waals surface area contributed by atoms with Crippen LogP contribution in [0.15, 0.2) is 27.8 Å². The number of hydrogen-bond acceptors (Lipinski definition) is 7. The average Bonchev–Trinajstić information content (AvgIpc) is 3.23. The normalized spacial score (nSPS) is 18.3. The van der Waals surface area contributed by atoms with Crippen LogP contribution in [0.3, 0.4) is 0 Å². The summed E-state index contributed by atoms with van der Waals surface area (Å²) in [5.41, 5.74) is 5.91. The van der Waals surface area contributed by atoms with Gasteiger partial charge in [-0.2, -0.15) is 0 Å². The summed E-state index contributed by atoms with van der Waals surface area (Å²) in [7, 11) is 1.38. The van der Waals surface area contributed by atoms with E-state index in [-0.39, 0.29) is 29.8 Å². The second-order valence-corrected chi connectivity index (χ2v) is 8.01. The van der Waals surface area contributed by atoms with Gasteiger partial charge in [0.25, 0.3) is 5.56 Å². The third-order valence-electron chi connectivity index (χ3n) is 5.97. The molecule has 1 aromatic carbocycles. The van der Waals surface area contributed by atoms with Crippen LogP contribution < -0.4 is 26.5 Å². The number of Topliss-reactive ketones (excluding diaryl/α,β-unsaturated/α-hetero) is 1. The third-order valence-corrected chi connectivity index (χ3v) is 5.97. The fraction of sp³-hybridized carbons (Fsp3) is 0.500. The molecule has 2 N–H and O–H groups in total. The molecule has 166 valence electrons. The first-order chi connectivity index (χ1) is 14.9. The summed E-state index contributed by atoms with van der Waals surface area (Å²) in [4.78, 5) is 40.3. The van der Waals surface area contributed by atoms with Crippen molar-refractivity contribution in [3.8, 4) is 11.5 Å². The zero-order chi connectivity index (χ0) is 22.1. The highest BCUT2D eigenvalue weighted by Gasteiger charge is 2.31. The van der Waals surface area contributed by atoms with Gasteiger partial charge in [0.05, 0.1) is 6.54 Å². The second-order valence-electron chi connectivity index (χ2n) is 8.01. The molecule has 3 heterocycles. The highest BCUT2D eigenvalue weighted by atomic mass is 16.6. The van der Waals surface area contributed by atoms with E-state index in [1.165, 1.54) is 11.6 Å². The molecule has 2 aliphatic rings. The summed E-state index contributed by atoms with van der Waals surface area (Å²) in [6, 6.07) is 5.90. The average molecular weight is 428 g/mol. The van der Waals surface area contributed by atoms with Gasteiger partial charge >= 0.3 is 5.69 Å². The lowest BCUT2D eigenvalue weighted by molar-refractivity contribution is 0.0919. The number of aromatic nitrogens is 2. The minimum Gasteiger partial charge on any atom is -0.486 e. The Morgan fingerprint density at radius 1 is 1.19 bits per heavy atom. The van der Waals surface area contributed by atoms with Crippen molar-refractivity contribution in [2.45, 2.75) is 38.8 Å². The number of hydrogen-bond donors (Lipinski definition) is 1. The molecule has 1 saturated heterocycles. The number of carbonyl (C=O) groups excluding carboxylic acids is 1. The molecule has 0 spiro atoms. The second kappa shape index (κ2) is 8.58. The largest absolute Gasteiger partial charge is 0.486 e. The molecule has 2 aromatic rings. The SMILES string of the molecule is CCCn1c(N)c(C(=O)CN2CCC[C@H]2c2ccc3c(c2)OCCO3)c(=O)n(C)c1=O. The van der Waals surface area contributed by atoms with Crippen LogP contribution in [0.5, 0.6) is 11.5 Å². The Bertz CT molecular complexity index is 1120. The molecular formula is C22H28N4O5. The lowest BCUT2D eigenvalue weighted by atomic mass is 10.0. The molecule has 0 amide bonds. The monoisotopic (exact) mass is 428 g/mol. The van der Waals surface area contributed by atoms with Crippen LogP contribution in [0.1, 0.15) is 48.1 Å².